The molecule has 0 saturated carbocycles. The fourth-order valence-corrected chi connectivity index (χ4v) is 2.46. The van der Waals surface area contributed by atoms with Gasteiger partial charge in [-0.2, -0.15) is 0 Å². The molecular weight excluding hydrogens is 383 g/mol. The molecule has 0 aliphatic rings. The maximum Gasteiger partial charge on any atom is 0.325 e. The molecule has 0 radical (unpaired) electrons. The van der Waals surface area contributed by atoms with Crippen molar-refractivity contribution in [1.82, 2.24) is 10.6 Å². The van der Waals surface area contributed by atoms with Gasteiger partial charge in [0, 0.05) is 16.6 Å². The van der Waals surface area contributed by atoms with Crippen LogP contribution in [0, 0.1) is 0 Å². The van der Waals surface area contributed by atoms with E-state index in [0.29, 0.717) is 23.0 Å². The average molecular weight is 399 g/mol. The highest BCUT2D eigenvalue weighted by Gasteiger charge is 2.12. The van der Waals surface area contributed by atoms with E-state index in [0.717, 1.165) is 5.56 Å². The number of nitrogens with one attached hydrogen (secondary N) is 2. The largest absolute Gasteiger partial charge is 0.459 e. The smallest absolute Gasteiger partial charge is 0.325 e. The lowest BCUT2D eigenvalue weighted by Crippen LogP contribution is -2.34. The van der Waals surface area contributed by atoms with Gasteiger partial charge in [0.15, 0.2) is 12.4 Å². The second-order valence-corrected chi connectivity index (χ2v) is 6.00. The molecule has 1 aromatic heterocycles. The van der Waals surface area contributed by atoms with Crippen molar-refractivity contribution in [2.45, 2.75) is 6.42 Å². The molecule has 0 aliphatic carbocycles. The van der Waals surface area contributed by atoms with E-state index >= 15 is 0 Å². The first-order valence-electron chi connectivity index (χ1n) is 7.63. The highest BCUT2D eigenvalue weighted by Crippen LogP contribution is 2.20. The Labute approximate surface area is 159 Å². The lowest BCUT2D eigenvalue weighted by molar-refractivity contribution is -0.147. The number of ether oxygens (including phenoxy) is 1. The Morgan fingerprint density at radius 3 is 2.62 bits per heavy atom. The minimum Gasteiger partial charge on any atom is -0.459 e. The van der Waals surface area contributed by atoms with E-state index < -0.39 is 24.4 Å². The van der Waals surface area contributed by atoms with Crippen LogP contribution in [0.5, 0.6) is 0 Å². The van der Waals surface area contributed by atoms with E-state index in [9.17, 15) is 14.4 Å². The Morgan fingerprint density at radius 1 is 1.12 bits per heavy atom. The summed E-state index contributed by atoms with van der Waals surface area (Å²) in [7, 11) is 0. The zero-order valence-electron chi connectivity index (χ0n) is 13.6. The van der Waals surface area contributed by atoms with Gasteiger partial charge in [-0.3, -0.25) is 14.4 Å². The third kappa shape index (κ3) is 6.42. The first kappa shape index (κ1) is 19.8. The van der Waals surface area contributed by atoms with Crippen molar-refractivity contribution in [3.63, 3.8) is 0 Å². The van der Waals surface area contributed by atoms with Crippen LogP contribution >= 0.6 is 23.2 Å². The van der Waals surface area contributed by atoms with Gasteiger partial charge < -0.3 is 19.8 Å². The third-order valence-electron chi connectivity index (χ3n) is 3.23. The standard InChI is InChI=1S/C17H16Cl2N2O5/c18-12-4-3-11(13(19)8-12)5-6-20-15(22)10-26-16(23)9-21-17(24)14-2-1-7-25-14/h1-4,7-8H,5-6,9-10H2,(H,20,22)(H,21,24). The Balaban J connectivity index is 1.62. The average Bonchev–Trinajstić information content (AvgIpc) is 3.14. The van der Waals surface area contributed by atoms with Gasteiger partial charge in [0.05, 0.1) is 6.26 Å². The Hall–Kier alpha value is -2.51. The van der Waals surface area contributed by atoms with Crippen molar-refractivity contribution in [3.05, 3.63) is 58.0 Å². The number of benzene rings is 1. The van der Waals surface area contributed by atoms with E-state index in [-0.39, 0.29) is 12.3 Å². The van der Waals surface area contributed by atoms with Crippen molar-refractivity contribution in [1.29, 1.82) is 0 Å². The van der Waals surface area contributed by atoms with Crippen LogP contribution in [-0.4, -0.2) is 37.5 Å². The highest BCUT2D eigenvalue weighted by atomic mass is 35.5. The Kier molecular flexibility index (Phi) is 7.50. The van der Waals surface area contributed by atoms with Gasteiger partial charge in [0.1, 0.15) is 6.54 Å². The van der Waals surface area contributed by atoms with E-state index in [2.05, 4.69) is 10.6 Å². The van der Waals surface area contributed by atoms with Crippen molar-refractivity contribution in [2.24, 2.45) is 0 Å². The lowest BCUT2D eigenvalue weighted by atomic mass is 10.1. The molecular formula is C17H16Cl2N2O5. The molecule has 1 aromatic carbocycles. The highest BCUT2D eigenvalue weighted by molar-refractivity contribution is 6.35. The van der Waals surface area contributed by atoms with Crippen LogP contribution in [0.25, 0.3) is 0 Å². The van der Waals surface area contributed by atoms with Crippen LogP contribution in [0.2, 0.25) is 10.0 Å². The normalized spacial score (nSPS) is 10.2. The summed E-state index contributed by atoms with van der Waals surface area (Å²) < 4.78 is 9.65. The third-order valence-corrected chi connectivity index (χ3v) is 3.82. The maximum absolute atomic E-state index is 11.7. The molecule has 138 valence electrons. The van der Waals surface area contributed by atoms with Gasteiger partial charge in [-0.15, -0.1) is 0 Å². The molecule has 26 heavy (non-hydrogen) atoms. The first-order valence-corrected chi connectivity index (χ1v) is 8.39. The van der Waals surface area contributed by atoms with Crippen molar-refractivity contribution >= 4 is 41.0 Å². The zero-order chi connectivity index (χ0) is 18.9. The molecule has 0 spiro atoms. The fraction of sp³-hybridized carbons (Fsp3) is 0.235. The molecule has 0 fully saturated rings. The van der Waals surface area contributed by atoms with Crippen LogP contribution < -0.4 is 10.6 Å². The minimum atomic E-state index is -0.735. The number of halogens is 2. The summed E-state index contributed by atoms with van der Waals surface area (Å²) in [5, 5.41) is 5.98. The number of carbonyl (C=O) groups excluding carboxylic acids is 3. The summed E-state index contributed by atoms with van der Waals surface area (Å²) in [4.78, 5) is 34.7. The van der Waals surface area contributed by atoms with Crippen LogP contribution in [0.1, 0.15) is 16.1 Å². The van der Waals surface area contributed by atoms with Crippen LogP contribution in [0.3, 0.4) is 0 Å². The summed E-state index contributed by atoms with van der Waals surface area (Å²) in [6, 6.07) is 8.12. The maximum atomic E-state index is 11.7. The molecule has 0 bridgehead atoms. The van der Waals surface area contributed by atoms with Crippen LogP contribution in [0.15, 0.2) is 41.0 Å². The summed E-state index contributed by atoms with van der Waals surface area (Å²) in [6.45, 7) is -0.482. The summed E-state index contributed by atoms with van der Waals surface area (Å²) in [6.07, 6.45) is 1.85. The molecule has 0 saturated heterocycles. The minimum absolute atomic E-state index is 0.0800. The number of hydrogen-bond donors (Lipinski definition) is 2. The van der Waals surface area contributed by atoms with E-state index in [4.69, 9.17) is 32.4 Å². The topological polar surface area (TPSA) is 97.6 Å². The molecule has 9 heteroatoms. The van der Waals surface area contributed by atoms with Gasteiger partial charge >= 0.3 is 5.97 Å². The zero-order valence-corrected chi connectivity index (χ0v) is 15.1. The molecule has 7 nitrogen and oxygen atoms in total. The van der Waals surface area contributed by atoms with Crippen LogP contribution in [-0.2, 0) is 20.7 Å². The van der Waals surface area contributed by atoms with E-state index in [1.807, 2.05) is 0 Å². The lowest BCUT2D eigenvalue weighted by Gasteiger charge is -2.08. The predicted molar refractivity (Wildman–Crippen MR) is 95.2 cm³/mol. The van der Waals surface area contributed by atoms with E-state index in [1.165, 1.54) is 12.3 Å². The number of hydrogen-bond acceptors (Lipinski definition) is 5. The summed E-state index contributed by atoms with van der Waals surface area (Å²) in [5.41, 5.74) is 0.842. The first-order chi connectivity index (χ1) is 12.5. The van der Waals surface area contributed by atoms with Crippen molar-refractivity contribution in [3.8, 4) is 0 Å². The fourth-order valence-electron chi connectivity index (χ4n) is 1.96. The van der Waals surface area contributed by atoms with Gasteiger partial charge in [-0.25, -0.2) is 0 Å². The molecule has 2 aromatic rings. The number of furan rings is 1. The van der Waals surface area contributed by atoms with Gasteiger partial charge in [0.25, 0.3) is 11.8 Å². The van der Waals surface area contributed by atoms with Gasteiger partial charge in [0.2, 0.25) is 0 Å². The van der Waals surface area contributed by atoms with Crippen molar-refractivity contribution < 1.29 is 23.5 Å². The molecule has 2 amide bonds. The monoisotopic (exact) mass is 398 g/mol. The number of amides is 2. The van der Waals surface area contributed by atoms with Gasteiger partial charge in [-0.05, 0) is 36.2 Å². The molecule has 2 N–H and O–H groups in total. The molecule has 0 atom stereocenters. The Bertz CT molecular complexity index is 777. The number of esters is 1. The predicted octanol–water partition coefficient (Wildman–Crippen LogP) is 2.22. The molecule has 0 unspecified atom stereocenters. The molecule has 1 heterocycles. The van der Waals surface area contributed by atoms with E-state index in [1.54, 1.807) is 24.3 Å². The summed E-state index contributed by atoms with van der Waals surface area (Å²) >= 11 is 11.8. The van der Waals surface area contributed by atoms with Crippen molar-refractivity contribution in [2.75, 3.05) is 19.7 Å². The number of rotatable bonds is 8. The number of carbonyl (C=O) groups is 3. The molecule has 0 aliphatic heterocycles. The second kappa shape index (κ2) is 9.84. The van der Waals surface area contributed by atoms with Gasteiger partial charge in [-0.1, -0.05) is 29.3 Å². The quantitative estimate of drug-likeness (QED) is 0.664. The summed E-state index contributed by atoms with van der Waals surface area (Å²) in [5.74, 6) is -1.66. The second-order valence-electron chi connectivity index (χ2n) is 5.16. The Morgan fingerprint density at radius 2 is 1.92 bits per heavy atom. The SMILES string of the molecule is O=C(COC(=O)CNC(=O)c1ccco1)NCCc1ccc(Cl)cc1Cl. The molecule has 2 rings (SSSR count). The van der Waals surface area contributed by atoms with Crippen LogP contribution in [0.4, 0.5) is 0 Å².